The standard InChI is InChI=1S/C24H19N5O2/c30-24(31-17-19-8-12-21(13-9-19)28-15-3-14-25-28)20-10-6-18(7-11-20)16-29-23-5-2-1-4-22(23)26-27-29/h1-15H,16-17H2. The molecule has 3 aromatic carbocycles. The summed E-state index contributed by atoms with van der Waals surface area (Å²) in [6.07, 6.45) is 3.61. The zero-order valence-corrected chi connectivity index (χ0v) is 16.6. The van der Waals surface area contributed by atoms with Gasteiger partial charge < -0.3 is 4.74 Å². The van der Waals surface area contributed by atoms with E-state index in [0.717, 1.165) is 27.8 Å². The third kappa shape index (κ3) is 4.06. The number of carbonyl (C=O) groups excluding carboxylic acids is 1. The maximum absolute atomic E-state index is 12.4. The average molecular weight is 409 g/mol. The topological polar surface area (TPSA) is 74.8 Å². The van der Waals surface area contributed by atoms with Crippen molar-refractivity contribution in [1.29, 1.82) is 0 Å². The molecule has 7 heteroatoms. The maximum Gasteiger partial charge on any atom is 0.338 e. The number of carbonyl (C=O) groups is 1. The summed E-state index contributed by atoms with van der Waals surface area (Å²) in [6.45, 7) is 0.795. The van der Waals surface area contributed by atoms with Crippen molar-refractivity contribution >= 4 is 17.0 Å². The zero-order valence-electron chi connectivity index (χ0n) is 16.6. The molecule has 0 radical (unpaired) electrons. The molecule has 152 valence electrons. The van der Waals surface area contributed by atoms with Gasteiger partial charge in [0.25, 0.3) is 0 Å². The maximum atomic E-state index is 12.4. The van der Waals surface area contributed by atoms with E-state index in [0.29, 0.717) is 12.1 Å². The molecule has 2 heterocycles. The number of esters is 1. The number of fused-ring (bicyclic) bond motifs is 1. The first-order valence-corrected chi connectivity index (χ1v) is 9.89. The highest BCUT2D eigenvalue weighted by Crippen LogP contribution is 2.14. The van der Waals surface area contributed by atoms with Gasteiger partial charge in [0.2, 0.25) is 0 Å². The molecule has 0 atom stereocenters. The number of benzene rings is 3. The van der Waals surface area contributed by atoms with E-state index in [9.17, 15) is 4.79 Å². The van der Waals surface area contributed by atoms with Gasteiger partial charge >= 0.3 is 5.97 Å². The number of aromatic nitrogens is 5. The van der Waals surface area contributed by atoms with Crippen LogP contribution in [0.1, 0.15) is 21.5 Å². The summed E-state index contributed by atoms with van der Waals surface area (Å²) in [4.78, 5) is 12.4. The summed E-state index contributed by atoms with van der Waals surface area (Å²) in [5.41, 5.74) is 5.25. The minimum atomic E-state index is -0.353. The predicted octanol–water partition coefficient (Wildman–Crippen LogP) is 4.02. The second kappa shape index (κ2) is 8.23. The lowest BCUT2D eigenvalue weighted by Gasteiger charge is -2.08. The Morgan fingerprint density at radius 2 is 1.65 bits per heavy atom. The Kier molecular flexibility index (Phi) is 4.98. The van der Waals surface area contributed by atoms with Gasteiger partial charge in [-0.1, -0.05) is 41.6 Å². The van der Waals surface area contributed by atoms with Crippen molar-refractivity contribution in [2.45, 2.75) is 13.2 Å². The Balaban J connectivity index is 1.20. The Labute approximate surface area is 178 Å². The number of ether oxygens (including phenoxy) is 1. The molecule has 5 aromatic rings. The van der Waals surface area contributed by atoms with Crippen LogP contribution in [0.5, 0.6) is 0 Å². The second-order valence-corrected chi connectivity index (χ2v) is 7.13. The molecule has 5 rings (SSSR count). The second-order valence-electron chi connectivity index (χ2n) is 7.13. The van der Waals surface area contributed by atoms with Crippen molar-refractivity contribution in [3.63, 3.8) is 0 Å². The van der Waals surface area contributed by atoms with E-state index in [1.807, 2.05) is 77.6 Å². The zero-order chi connectivity index (χ0) is 21.0. The fraction of sp³-hybridized carbons (Fsp3) is 0.0833. The molecule has 0 aliphatic carbocycles. The molecule has 31 heavy (non-hydrogen) atoms. The molecule has 0 aliphatic heterocycles. The summed E-state index contributed by atoms with van der Waals surface area (Å²) in [5.74, 6) is -0.353. The van der Waals surface area contributed by atoms with Crippen LogP contribution in [-0.4, -0.2) is 30.7 Å². The number of nitrogens with zero attached hydrogens (tertiary/aromatic N) is 5. The normalized spacial score (nSPS) is 11.0. The minimum absolute atomic E-state index is 0.213. The largest absolute Gasteiger partial charge is 0.457 e. The number of hydrogen-bond donors (Lipinski definition) is 0. The molecular formula is C24H19N5O2. The van der Waals surface area contributed by atoms with E-state index < -0.39 is 0 Å². The van der Waals surface area contributed by atoms with E-state index >= 15 is 0 Å². The number of para-hydroxylation sites is 1. The lowest BCUT2D eigenvalue weighted by molar-refractivity contribution is 0.0472. The first-order valence-electron chi connectivity index (χ1n) is 9.89. The molecular weight excluding hydrogens is 390 g/mol. The van der Waals surface area contributed by atoms with Crippen LogP contribution in [0.3, 0.4) is 0 Å². The summed E-state index contributed by atoms with van der Waals surface area (Å²) >= 11 is 0. The van der Waals surface area contributed by atoms with Gasteiger partial charge in [0.15, 0.2) is 0 Å². The molecule has 7 nitrogen and oxygen atoms in total. The van der Waals surface area contributed by atoms with E-state index in [4.69, 9.17) is 4.74 Å². The molecule has 0 spiro atoms. The molecule has 0 saturated carbocycles. The lowest BCUT2D eigenvalue weighted by Crippen LogP contribution is -2.06. The van der Waals surface area contributed by atoms with Crippen LogP contribution in [0.25, 0.3) is 16.7 Å². The smallest absolute Gasteiger partial charge is 0.338 e. The van der Waals surface area contributed by atoms with Gasteiger partial charge in [-0.05, 0) is 53.6 Å². The van der Waals surface area contributed by atoms with Gasteiger partial charge in [0, 0.05) is 12.4 Å². The summed E-state index contributed by atoms with van der Waals surface area (Å²) in [6, 6.07) is 24.8. The third-order valence-electron chi connectivity index (χ3n) is 5.02. The number of rotatable bonds is 6. The van der Waals surface area contributed by atoms with Gasteiger partial charge in [-0.15, -0.1) is 5.10 Å². The third-order valence-corrected chi connectivity index (χ3v) is 5.02. The quantitative estimate of drug-likeness (QED) is 0.396. The van der Waals surface area contributed by atoms with E-state index in [2.05, 4.69) is 15.4 Å². The van der Waals surface area contributed by atoms with Crippen molar-refractivity contribution in [3.8, 4) is 5.69 Å². The van der Waals surface area contributed by atoms with Crippen molar-refractivity contribution in [1.82, 2.24) is 24.8 Å². The summed E-state index contributed by atoms with van der Waals surface area (Å²) < 4.78 is 9.08. The van der Waals surface area contributed by atoms with Crippen LogP contribution in [0.4, 0.5) is 0 Å². The van der Waals surface area contributed by atoms with E-state index in [-0.39, 0.29) is 12.6 Å². The van der Waals surface area contributed by atoms with Crippen LogP contribution >= 0.6 is 0 Å². The number of hydrogen-bond acceptors (Lipinski definition) is 5. The van der Waals surface area contributed by atoms with Crippen molar-refractivity contribution in [2.75, 3.05) is 0 Å². The highest BCUT2D eigenvalue weighted by molar-refractivity contribution is 5.89. The fourth-order valence-corrected chi connectivity index (χ4v) is 3.35. The Morgan fingerprint density at radius 3 is 2.42 bits per heavy atom. The minimum Gasteiger partial charge on any atom is -0.457 e. The summed E-state index contributed by atoms with van der Waals surface area (Å²) in [5, 5.41) is 12.6. The molecule has 0 fully saturated rings. The molecule has 0 amide bonds. The highest BCUT2D eigenvalue weighted by atomic mass is 16.5. The average Bonchev–Trinajstić information content (AvgIpc) is 3.49. The van der Waals surface area contributed by atoms with Crippen LogP contribution in [0.15, 0.2) is 91.3 Å². The lowest BCUT2D eigenvalue weighted by atomic mass is 10.1. The first kappa shape index (κ1) is 18.7. The molecule has 0 unspecified atom stereocenters. The molecule has 0 N–H and O–H groups in total. The molecule has 0 bridgehead atoms. The van der Waals surface area contributed by atoms with Crippen LogP contribution in [0, 0.1) is 0 Å². The Bertz CT molecular complexity index is 1310. The highest BCUT2D eigenvalue weighted by Gasteiger charge is 2.09. The van der Waals surface area contributed by atoms with Crippen molar-refractivity contribution in [3.05, 3.63) is 108 Å². The van der Waals surface area contributed by atoms with E-state index in [1.165, 1.54) is 0 Å². The van der Waals surface area contributed by atoms with Crippen molar-refractivity contribution < 1.29 is 9.53 Å². The Hall–Kier alpha value is -4.26. The molecule has 0 saturated heterocycles. The van der Waals surface area contributed by atoms with Crippen LogP contribution in [-0.2, 0) is 17.9 Å². The fourth-order valence-electron chi connectivity index (χ4n) is 3.35. The van der Waals surface area contributed by atoms with Crippen molar-refractivity contribution in [2.24, 2.45) is 0 Å². The SMILES string of the molecule is O=C(OCc1ccc(-n2cccn2)cc1)c1ccc(Cn2nnc3ccccc32)cc1. The van der Waals surface area contributed by atoms with Crippen LogP contribution in [0.2, 0.25) is 0 Å². The molecule has 0 aliphatic rings. The van der Waals surface area contributed by atoms with Gasteiger partial charge in [-0.3, -0.25) is 0 Å². The monoisotopic (exact) mass is 409 g/mol. The molecule has 2 aromatic heterocycles. The predicted molar refractivity (Wildman–Crippen MR) is 116 cm³/mol. The van der Waals surface area contributed by atoms with E-state index in [1.54, 1.807) is 23.0 Å². The first-order chi connectivity index (χ1) is 15.3. The van der Waals surface area contributed by atoms with Crippen LogP contribution < -0.4 is 0 Å². The summed E-state index contributed by atoms with van der Waals surface area (Å²) in [7, 11) is 0. The van der Waals surface area contributed by atoms with Gasteiger partial charge in [0.1, 0.15) is 12.1 Å². The van der Waals surface area contributed by atoms with Gasteiger partial charge in [0.05, 0.1) is 23.3 Å². The Morgan fingerprint density at radius 1 is 0.871 bits per heavy atom. The van der Waals surface area contributed by atoms with Gasteiger partial charge in [-0.25, -0.2) is 14.2 Å². The van der Waals surface area contributed by atoms with Gasteiger partial charge in [-0.2, -0.15) is 5.10 Å².